The molecule has 0 radical (unpaired) electrons. The molecule has 0 bridgehead atoms. The highest BCUT2D eigenvalue weighted by atomic mass is 35.5. The number of benzene rings is 2. The summed E-state index contributed by atoms with van der Waals surface area (Å²) < 4.78 is 12.1. The largest absolute Gasteiger partial charge is 0.494 e. The maximum Gasteiger partial charge on any atom is 0.123 e. The van der Waals surface area contributed by atoms with Crippen LogP contribution >= 0.6 is 11.6 Å². The lowest BCUT2D eigenvalue weighted by Crippen LogP contribution is -2.41. The predicted octanol–water partition coefficient (Wildman–Crippen LogP) is 5.39. The second-order valence-electron chi connectivity index (χ2n) is 7.24. The van der Waals surface area contributed by atoms with Crippen LogP contribution in [0, 0.1) is 0 Å². The van der Waals surface area contributed by atoms with Gasteiger partial charge in [0.15, 0.2) is 0 Å². The second kappa shape index (κ2) is 8.99. The molecule has 1 unspecified atom stereocenters. The van der Waals surface area contributed by atoms with Crippen molar-refractivity contribution >= 4 is 11.6 Å². The van der Waals surface area contributed by atoms with Crippen molar-refractivity contribution in [1.82, 2.24) is 4.90 Å². The molecule has 4 heteroatoms. The van der Waals surface area contributed by atoms with Gasteiger partial charge in [-0.3, -0.25) is 0 Å². The molecule has 0 saturated heterocycles. The van der Waals surface area contributed by atoms with E-state index < -0.39 is 0 Å². The van der Waals surface area contributed by atoms with Gasteiger partial charge in [-0.2, -0.15) is 0 Å². The van der Waals surface area contributed by atoms with Gasteiger partial charge in [0.05, 0.1) is 6.61 Å². The first-order valence-electron chi connectivity index (χ1n) is 9.99. The molecule has 0 spiro atoms. The number of hydrogen-bond donors (Lipinski definition) is 0. The van der Waals surface area contributed by atoms with Gasteiger partial charge in [-0.15, -0.1) is 0 Å². The van der Waals surface area contributed by atoms with Crippen molar-refractivity contribution in [2.24, 2.45) is 0 Å². The first-order valence-corrected chi connectivity index (χ1v) is 10.4. The van der Waals surface area contributed by atoms with E-state index in [9.17, 15) is 0 Å². The molecule has 3 rings (SSSR count). The van der Waals surface area contributed by atoms with E-state index in [4.69, 9.17) is 21.1 Å². The molecular weight excluding hydrogens is 358 g/mol. The van der Waals surface area contributed by atoms with Crippen LogP contribution in [-0.2, 0) is 12.8 Å². The van der Waals surface area contributed by atoms with Crippen molar-refractivity contribution in [2.75, 3.05) is 26.2 Å². The molecule has 146 valence electrons. The molecular formula is C23H30ClNO2. The Morgan fingerprint density at radius 1 is 1.07 bits per heavy atom. The molecule has 2 aromatic carbocycles. The summed E-state index contributed by atoms with van der Waals surface area (Å²) in [5, 5.41) is 0.776. The molecule has 1 aliphatic rings. The molecule has 1 atom stereocenters. The first-order chi connectivity index (χ1) is 13.1. The predicted molar refractivity (Wildman–Crippen MR) is 112 cm³/mol. The van der Waals surface area contributed by atoms with Crippen LogP contribution in [-0.4, -0.2) is 36.7 Å². The van der Waals surface area contributed by atoms with Gasteiger partial charge in [-0.1, -0.05) is 37.6 Å². The standard InChI is InChI=1S/C23H30ClNO2/c1-4-25(5-2)14-13-23(16-18-7-10-21(11-8-18)26-6-3)17-19-15-20(24)9-12-22(19)27-23/h7-12,15H,4-6,13-14,16-17H2,1-3H3. The number of fused-ring (bicyclic) bond motifs is 1. The molecule has 27 heavy (non-hydrogen) atoms. The fourth-order valence-electron chi connectivity index (χ4n) is 3.87. The normalized spacial score (nSPS) is 18.4. The summed E-state index contributed by atoms with van der Waals surface area (Å²) in [5.41, 5.74) is 2.27. The lowest BCUT2D eigenvalue weighted by molar-refractivity contribution is 0.0712. The van der Waals surface area contributed by atoms with Crippen LogP contribution in [0.3, 0.4) is 0 Å². The minimum atomic E-state index is -0.220. The molecule has 3 nitrogen and oxygen atoms in total. The Morgan fingerprint density at radius 3 is 2.48 bits per heavy atom. The lowest BCUT2D eigenvalue weighted by Gasteiger charge is -2.32. The summed E-state index contributed by atoms with van der Waals surface area (Å²) >= 11 is 6.22. The van der Waals surface area contributed by atoms with E-state index in [1.165, 1.54) is 11.1 Å². The number of hydrogen-bond acceptors (Lipinski definition) is 3. The van der Waals surface area contributed by atoms with E-state index in [-0.39, 0.29) is 5.60 Å². The molecule has 0 aliphatic carbocycles. The van der Waals surface area contributed by atoms with Gasteiger partial charge < -0.3 is 14.4 Å². The quantitative estimate of drug-likeness (QED) is 0.576. The van der Waals surface area contributed by atoms with Crippen LogP contribution < -0.4 is 9.47 Å². The molecule has 2 aromatic rings. The fraction of sp³-hybridized carbons (Fsp3) is 0.478. The van der Waals surface area contributed by atoms with Crippen LogP contribution in [0.15, 0.2) is 42.5 Å². The van der Waals surface area contributed by atoms with Crippen molar-refractivity contribution in [3.8, 4) is 11.5 Å². The van der Waals surface area contributed by atoms with Crippen LogP contribution in [0.4, 0.5) is 0 Å². The third kappa shape index (κ3) is 4.97. The topological polar surface area (TPSA) is 21.7 Å². The minimum Gasteiger partial charge on any atom is -0.494 e. The third-order valence-corrected chi connectivity index (χ3v) is 5.64. The van der Waals surface area contributed by atoms with E-state index in [2.05, 4.69) is 43.0 Å². The zero-order chi connectivity index (χ0) is 19.3. The fourth-order valence-corrected chi connectivity index (χ4v) is 4.07. The Kier molecular flexibility index (Phi) is 6.67. The summed E-state index contributed by atoms with van der Waals surface area (Å²) in [7, 11) is 0. The SMILES string of the molecule is CCOc1ccc(CC2(CCN(CC)CC)Cc3cc(Cl)ccc3O2)cc1. The number of halogens is 1. The zero-order valence-corrected chi connectivity index (χ0v) is 17.4. The summed E-state index contributed by atoms with van der Waals surface area (Å²) in [6, 6.07) is 14.4. The van der Waals surface area contributed by atoms with E-state index in [1.54, 1.807) is 0 Å². The summed E-state index contributed by atoms with van der Waals surface area (Å²) in [6.07, 6.45) is 2.78. The Hall–Kier alpha value is -1.71. The smallest absolute Gasteiger partial charge is 0.123 e. The van der Waals surface area contributed by atoms with Crippen molar-refractivity contribution in [2.45, 2.75) is 45.6 Å². The first kappa shape index (κ1) is 20.0. The molecule has 1 aliphatic heterocycles. The summed E-state index contributed by atoms with van der Waals surface area (Å²) in [4.78, 5) is 2.46. The van der Waals surface area contributed by atoms with Gasteiger partial charge >= 0.3 is 0 Å². The summed E-state index contributed by atoms with van der Waals surface area (Å²) in [6.45, 7) is 10.3. The van der Waals surface area contributed by atoms with Crippen LogP contribution in [0.2, 0.25) is 5.02 Å². The van der Waals surface area contributed by atoms with Crippen molar-refractivity contribution < 1.29 is 9.47 Å². The Morgan fingerprint density at radius 2 is 1.81 bits per heavy atom. The summed E-state index contributed by atoms with van der Waals surface area (Å²) in [5.74, 6) is 1.89. The van der Waals surface area contributed by atoms with Gasteiger partial charge in [0, 0.05) is 30.8 Å². The van der Waals surface area contributed by atoms with Gasteiger partial charge in [0.2, 0.25) is 0 Å². The average Bonchev–Trinajstić information content (AvgIpc) is 3.02. The van der Waals surface area contributed by atoms with E-state index in [0.717, 1.165) is 55.4 Å². The third-order valence-electron chi connectivity index (χ3n) is 5.40. The molecule has 1 heterocycles. The van der Waals surface area contributed by atoms with Gasteiger partial charge in [0.25, 0.3) is 0 Å². The minimum absolute atomic E-state index is 0.220. The number of ether oxygens (including phenoxy) is 2. The Labute approximate surface area is 168 Å². The maximum atomic E-state index is 6.55. The Bertz CT molecular complexity index is 743. The number of nitrogens with zero attached hydrogens (tertiary/aromatic N) is 1. The average molecular weight is 388 g/mol. The van der Waals surface area contributed by atoms with Gasteiger partial charge in [-0.25, -0.2) is 0 Å². The molecule has 0 aromatic heterocycles. The molecule has 0 saturated carbocycles. The van der Waals surface area contributed by atoms with Crippen LogP contribution in [0.25, 0.3) is 0 Å². The van der Waals surface area contributed by atoms with Crippen LogP contribution in [0.5, 0.6) is 11.5 Å². The monoisotopic (exact) mass is 387 g/mol. The Balaban J connectivity index is 1.80. The highest BCUT2D eigenvalue weighted by Crippen LogP contribution is 2.40. The second-order valence-corrected chi connectivity index (χ2v) is 7.68. The van der Waals surface area contributed by atoms with E-state index >= 15 is 0 Å². The highest BCUT2D eigenvalue weighted by Gasteiger charge is 2.39. The highest BCUT2D eigenvalue weighted by molar-refractivity contribution is 6.30. The number of rotatable bonds is 9. The van der Waals surface area contributed by atoms with E-state index in [1.807, 2.05) is 25.1 Å². The van der Waals surface area contributed by atoms with Gasteiger partial charge in [-0.05, 0) is 61.5 Å². The van der Waals surface area contributed by atoms with Crippen molar-refractivity contribution in [3.05, 3.63) is 58.6 Å². The van der Waals surface area contributed by atoms with E-state index in [0.29, 0.717) is 6.61 Å². The molecule has 0 amide bonds. The van der Waals surface area contributed by atoms with Gasteiger partial charge in [0.1, 0.15) is 17.1 Å². The van der Waals surface area contributed by atoms with Crippen molar-refractivity contribution in [3.63, 3.8) is 0 Å². The maximum absolute atomic E-state index is 6.55. The van der Waals surface area contributed by atoms with Crippen LogP contribution in [0.1, 0.15) is 38.3 Å². The lowest BCUT2D eigenvalue weighted by atomic mass is 9.86. The molecule has 0 fully saturated rings. The van der Waals surface area contributed by atoms with Crippen molar-refractivity contribution in [1.29, 1.82) is 0 Å². The zero-order valence-electron chi connectivity index (χ0n) is 16.6. The molecule has 0 N–H and O–H groups in total.